The number of aryl methyl sites for hydroxylation is 1. The predicted octanol–water partition coefficient (Wildman–Crippen LogP) is 3.59. The number of alkyl halides is 2. The van der Waals surface area contributed by atoms with Crippen molar-refractivity contribution in [3.63, 3.8) is 0 Å². The zero-order chi connectivity index (χ0) is 10.0. The topological polar surface area (TPSA) is 20.2 Å². The SMILES string of the molecule is Cc1ccc(C(O)C(Cl)Cl)c(Br)c1. The van der Waals surface area contributed by atoms with Crippen molar-refractivity contribution in [2.75, 3.05) is 0 Å². The summed E-state index contributed by atoms with van der Waals surface area (Å²) < 4.78 is 0.825. The molecule has 0 aliphatic heterocycles. The van der Waals surface area contributed by atoms with E-state index in [1.54, 1.807) is 0 Å². The van der Waals surface area contributed by atoms with E-state index in [-0.39, 0.29) is 0 Å². The highest BCUT2D eigenvalue weighted by Crippen LogP contribution is 2.30. The minimum atomic E-state index is -0.849. The summed E-state index contributed by atoms with van der Waals surface area (Å²) in [6, 6.07) is 5.62. The largest absolute Gasteiger partial charge is 0.386 e. The van der Waals surface area contributed by atoms with Crippen LogP contribution in [0.2, 0.25) is 0 Å². The van der Waals surface area contributed by atoms with Crippen molar-refractivity contribution in [3.05, 3.63) is 33.8 Å². The molecule has 72 valence electrons. The molecule has 0 aliphatic carbocycles. The van der Waals surface area contributed by atoms with E-state index in [1.165, 1.54) is 0 Å². The minimum absolute atomic E-state index is 0.709. The lowest BCUT2D eigenvalue weighted by Gasteiger charge is -2.13. The van der Waals surface area contributed by atoms with Crippen LogP contribution >= 0.6 is 39.1 Å². The maximum atomic E-state index is 9.58. The van der Waals surface area contributed by atoms with Crippen molar-refractivity contribution in [1.29, 1.82) is 0 Å². The standard InChI is InChI=1S/C9H9BrCl2O/c1-5-2-3-6(7(10)4-5)8(13)9(11)12/h2-4,8-9,13H,1H3. The molecule has 0 fully saturated rings. The molecule has 1 rings (SSSR count). The lowest BCUT2D eigenvalue weighted by molar-refractivity contribution is 0.192. The van der Waals surface area contributed by atoms with Gasteiger partial charge < -0.3 is 5.11 Å². The van der Waals surface area contributed by atoms with Crippen molar-refractivity contribution in [2.24, 2.45) is 0 Å². The molecule has 0 bridgehead atoms. The van der Waals surface area contributed by atoms with E-state index >= 15 is 0 Å². The van der Waals surface area contributed by atoms with Crippen molar-refractivity contribution in [2.45, 2.75) is 17.9 Å². The molecule has 0 saturated carbocycles. The van der Waals surface area contributed by atoms with Crippen LogP contribution < -0.4 is 0 Å². The van der Waals surface area contributed by atoms with Gasteiger partial charge in [-0.05, 0) is 24.1 Å². The summed E-state index contributed by atoms with van der Waals surface area (Å²) in [7, 11) is 0. The van der Waals surface area contributed by atoms with Crippen molar-refractivity contribution >= 4 is 39.1 Å². The van der Waals surface area contributed by atoms with Crippen LogP contribution in [0.3, 0.4) is 0 Å². The average Bonchev–Trinajstić information content (AvgIpc) is 2.03. The fourth-order valence-electron chi connectivity index (χ4n) is 1.01. The van der Waals surface area contributed by atoms with E-state index in [9.17, 15) is 5.11 Å². The van der Waals surface area contributed by atoms with E-state index in [2.05, 4.69) is 15.9 Å². The lowest BCUT2D eigenvalue weighted by Crippen LogP contribution is -2.06. The van der Waals surface area contributed by atoms with Crippen LogP contribution in [0.5, 0.6) is 0 Å². The highest BCUT2D eigenvalue weighted by Gasteiger charge is 2.17. The normalized spacial score (nSPS) is 13.4. The molecule has 0 saturated heterocycles. The maximum Gasteiger partial charge on any atom is 0.137 e. The van der Waals surface area contributed by atoms with Gasteiger partial charge in [-0.25, -0.2) is 0 Å². The van der Waals surface area contributed by atoms with Gasteiger partial charge in [-0.1, -0.05) is 28.1 Å². The van der Waals surface area contributed by atoms with Crippen LogP contribution in [-0.2, 0) is 0 Å². The second kappa shape index (κ2) is 4.65. The molecule has 1 aromatic rings. The molecule has 0 aliphatic rings. The second-order valence-corrected chi connectivity index (χ2v) is 4.82. The van der Waals surface area contributed by atoms with Crippen molar-refractivity contribution in [1.82, 2.24) is 0 Å². The summed E-state index contributed by atoms with van der Waals surface area (Å²) in [5, 5.41) is 9.58. The number of benzene rings is 1. The summed E-state index contributed by atoms with van der Waals surface area (Å²) in [4.78, 5) is -0.806. The molecule has 1 unspecified atom stereocenters. The van der Waals surface area contributed by atoms with Gasteiger partial charge in [-0.3, -0.25) is 0 Å². The van der Waals surface area contributed by atoms with Gasteiger partial charge in [-0.2, -0.15) is 0 Å². The molecule has 1 nitrogen and oxygen atoms in total. The van der Waals surface area contributed by atoms with Crippen molar-refractivity contribution < 1.29 is 5.11 Å². The molecule has 1 aromatic carbocycles. The number of aliphatic hydroxyl groups is 1. The van der Waals surface area contributed by atoms with Gasteiger partial charge in [0.1, 0.15) is 10.9 Å². The third-order valence-electron chi connectivity index (χ3n) is 1.71. The van der Waals surface area contributed by atoms with Gasteiger partial charge in [0.25, 0.3) is 0 Å². The van der Waals surface area contributed by atoms with Crippen LogP contribution in [-0.4, -0.2) is 9.94 Å². The number of hydrogen-bond donors (Lipinski definition) is 1. The summed E-state index contributed by atoms with van der Waals surface area (Å²) >= 11 is 14.5. The fraction of sp³-hybridized carbons (Fsp3) is 0.333. The molecule has 0 amide bonds. The molecule has 0 heterocycles. The van der Waals surface area contributed by atoms with E-state index in [0.29, 0.717) is 5.56 Å². The summed E-state index contributed by atoms with van der Waals surface area (Å²) in [6.45, 7) is 1.97. The van der Waals surface area contributed by atoms with Crippen LogP contribution in [0.4, 0.5) is 0 Å². The van der Waals surface area contributed by atoms with Gasteiger partial charge in [0, 0.05) is 4.47 Å². The first-order chi connectivity index (χ1) is 6.02. The third-order valence-corrected chi connectivity index (χ3v) is 2.88. The molecule has 13 heavy (non-hydrogen) atoms. The Morgan fingerprint density at radius 3 is 2.46 bits per heavy atom. The second-order valence-electron chi connectivity index (χ2n) is 2.80. The minimum Gasteiger partial charge on any atom is -0.386 e. The van der Waals surface area contributed by atoms with Crippen LogP contribution in [0.25, 0.3) is 0 Å². The fourth-order valence-corrected chi connectivity index (χ4v) is 2.01. The highest BCUT2D eigenvalue weighted by atomic mass is 79.9. The predicted molar refractivity (Wildman–Crippen MR) is 59.3 cm³/mol. The Balaban J connectivity index is 3.01. The van der Waals surface area contributed by atoms with Gasteiger partial charge in [0.05, 0.1) is 0 Å². The maximum absolute atomic E-state index is 9.58. The Morgan fingerprint density at radius 2 is 2.00 bits per heavy atom. The molecular formula is C9H9BrCl2O. The van der Waals surface area contributed by atoms with Crippen LogP contribution in [0.1, 0.15) is 17.2 Å². The zero-order valence-electron chi connectivity index (χ0n) is 6.97. The first-order valence-electron chi connectivity index (χ1n) is 3.74. The van der Waals surface area contributed by atoms with Gasteiger partial charge in [-0.15, -0.1) is 23.2 Å². The van der Waals surface area contributed by atoms with Crippen molar-refractivity contribution in [3.8, 4) is 0 Å². The number of aliphatic hydroxyl groups excluding tert-OH is 1. The Bertz CT molecular complexity index is 302. The highest BCUT2D eigenvalue weighted by molar-refractivity contribution is 9.10. The quantitative estimate of drug-likeness (QED) is 0.823. The molecule has 0 aromatic heterocycles. The van der Waals surface area contributed by atoms with Crippen LogP contribution in [0, 0.1) is 6.92 Å². The monoisotopic (exact) mass is 282 g/mol. The smallest absolute Gasteiger partial charge is 0.137 e. The van der Waals surface area contributed by atoms with E-state index in [4.69, 9.17) is 23.2 Å². The van der Waals surface area contributed by atoms with Gasteiger partial charge in [0.2, 0.25) is 0 Å². The molecule has 4 heteroatoms. The Kier molecular flexibility index (Phi) is 4.05. The average molecular weight is 284 g/mol. The summed E-state index contributed by atoms with van der Waals surface area (Å²) in [5.41, 5.74) is 1.82. The first-order valence-corrected chi connectivity index (χ1v) is 5.41. The molecule has 1 atom stereocenters. The van der Waals surface area contributed by atoms with Gasteiger partial charge >= 0.3 is 0 Å². The Hall–Kier alpha value is 0.240. The summed E-state index contributed by atoms with van der Waals surface area (Å²) in [5.74, 6) is 0. The van der Waals surface area contributed by atoms with Crippen LogP contribution in [0.15, 0.2) is 22.7 Å². The molecule has 0 radical (unpaired) electrons. The molecular weight excluding hydrogens is 275 g/mol. The van der Waals surface area contributed by atoms with E-state index in [1.807, 2.05) is 25.1 Å². The van der Waals surface area contributed by atoms with E-state index < -0.39 is 10.9 Å². The molecule has 0 spiro atoms. The number of rotatable bonds is 2. The van der Waals surface area contributed by atoms with Gasteiger partial charge in [0.15, 0.2) is 0 Å². The lowest BCUT2D eigenvalue weighted by atomic mass is 10.1. The zero-order valence-corrected chi connectivity index (χ0v) is 10.1. The Labute approximate surface area is 95.8 Å². The Morgan fingerprint density at radius 1 is 1.38 bits per heavy atom. The first kappa shape index (κ1) is 11.3. The summed E-state index contributed by atoms with van der Waals surface area (Å²) in [6.07, 6.45) is -0.849. The molecule has 1 N–H and O–H groups in total. The number of halogens is 3. The number of hydrogen-bond acceptors (Lipinski definition) is 1. The van der Waals surface area contributed by atoms with E-state index in [0.717, 1.165) is 10.0 Å². The third kappa shape index (κ3) is 2.84.